The first-order chi connectivity index (χ1) is 10.2. The maximum Gasteiger partial charge on any atom is 0.119 e. The van der Waals surface area contributed by atoms with Crippen molar-refractivity contribution in [3.63, 3.8) is 0 Å². The van der Waals surface area contributed by atoms with Crippen LogP contribution in [0, 0.1) is 0 Å². The van der Waals surface area contributed by atoms with Gasteiger partial charge in [0.2, 0.25) is 0 Å². The van der Waals surface area contributed by atoms with Crippen molar-refractivity contribution in [2.45, 2.75) is 29.7 Å². The van der Waals surface area contributed by atoms with Crippen LogP contribution < -0.4 is 4.74 Å². The maximum atomic E-state index is 5.38. The molecule has 0 unspecified atom stereocenters. The van der Waals surface area contributed by atoms with Crippen LogP contribution in [-0.4, -0.2) is 11.7 Å². The van der Waals surface area contributed by atoms with E-state index in [-0.39, 0.29) is 0 Å². The molecule has 2 aromatic carbocycles. The van der Waals surface area contributed by atoms with E-state index < -0.39 is 0 Å². The predicted molar refractivity (Wildman–Crippen MR) is 89.4 cm³/mol. The number of fused-ring (bicyclic) bond motifs is 1. The lowest BCUT2D eigenvalue weighted by Crippen LogP contribution is -1.97. The topological polar surface area (TPSA) is 14.2 Å². The van der Waals surface area contributed by atoms with Gasteiger partial charge in [-0.05, 0) is 44.2 Å². The van der Waals surface area contributed by atoms with E-state index in [2.05, 4.69) is 61.0 Å². The average Bonchev–Trinajstić information content (AvgIpc) is 2.86. The van der Waals surface area contributed by atoms with Crippen LogP contribution in [0.2, 0.25) is 0 Å². The molecule has 0 radical (unpaired) electrons. The van der Waals surface area contributed by atoms with E-state index in [0.29, 0.717) is 6.04 Å². The third-order valence-corrected chi connectivity index (χ3v) is 4.58. The van der Waals surface area contributed by atoms with Gasteiger partial charge in [-0.1, -0.05) is 30.0 Å². The van der Waals surface area contributed by atoms with Crippen LogP contribution in [0.25, 0.3) is 10.9 Å². The molecule has 0 bridgehead atoms. The fourth-order valence-electron chi connectivity index (χ4n) is 2.45. The Kier molecular flexibility index (Phi) is 3.93. The van der Waals surface area contributed by atoms with Gasteiger partial charge in [-0.3, -0.25) is 0 Å². The summed E-state index contributed by atoms with van der Waals surface area (Å²) in [5, 5.41) is 1.25. The minimum absolute atomic E-state index is 0.436. The molecular weight excluding hydrogens is 278 g/mol. The molecule has 0 spiro atoms. The van der Waals surface area contributed by atoms with Crippen LogP contribution >= 0.6 is 11.8 Å². The number of benzene rings is 2. The predicted octanol–water partition coefficient (Wildman–Crippen LogP) is 5.38. The minimum Gasteiger partial charge on any atom is -0.497 e. The monoisotopic (exact) mass is 297 g/mol. The Morgan fingerprint density at radius 3 is 2.48 bits per heavy atom. The molecule has 0 aliphatic rings. The van der Waals surface area contributed by atoms with Crippen LogP contribution in [0.1, 0.15) is 19.9 Å². The molecule has 3 heteroatoms. The van der Waals surface area contributed by atoms with Gasteiger partial charge in [0.05, 0.1) is 7.11 Å². The first-order valence-corrected chi connectivity index (χ1v) is 7.92. The fraction of sp³-hybridized carbons (Fsp3) is 0.222. The second kappa shape index (κ2) is 5.86. The molecule has 2 nitrogen and oxygen atoms in total. The third-order valence-electron chi connectivity index (χ3n) is 3.53. The number of hydrogen-bond donors (Lipinski definition) is 0. The average molecular weight is 297 g/mol. The van der Waals surface area contributed by atoms with Crippen molar-refractivity contribution in [3.05, 3.63) is 54.7 Å². The third kappa shape index (κ3) is 2.79. The number of methoxy groups -OCH3 is 1. The maximum absolute atomic E-state index is 5.38. The smallest absolute Gasteiger partial charge is 0.119 e. The highest BCUT2D eigenvalue weighted by molar-refractivity contribution is 7.99. The van der Waals surface area contributed by atoms with Gasteiger partial charge < -0.3 is 9.30 Å². The van der Waals surface area contributed by atoms with Gasteiger partial charge in [0.25, 0.3) is 0 Å². The quantitative estimate of drug-likeness (QED) is 0.641. The van der Waals surface area contributed by atoms with Crippen molar-refractivity contribution in [1.29, 1.82) is 0 Å². The van der Waals surface area contributed by atoms with Crippen LogP contribution in [0.15, 0.2) is 64.5 Å². The van der Waals surface area contributed by atoms with Crippen molar-refractivity contribution >= 4 is 22.7 Å². The van der Waals surface area contributed by atoms with Crippen LogP contribution in [0.5, 0.6) is 5.75 Å². The molecular formula is C18H19NOS. The number of hydrogen-bond acceptors (Lipinski definition) is 2. The van der Waals surface area contributed by atoms with Crippen molar-refractivity contribution in [2.75, 3.05) is 7.11 Å². The standard InChI is InChI=1S/C18H19NOS/c1-13(2)19-12-18(21-15-7-5-4-6-8-15)16-11-14(20-3)9-10-17(16)19/h4-13H,1-3H3. The van der Waals surface area contributed by atoms with Gasteiger partial charge in [-0.15, -0.1) is 0 Å². The van der Waals surface area contributed by atoms with Gasteiger partial charge in [0.1, 0.15) is 5.75 Å². The second-order valence-electron chi connectivity index (χ2n) is 5.29. The van der Waals surface area contributed by atoms with Gasteiger partial charge in [0, 0.05) is 32.9 Å². The van der Waals surface area contributed by atoms with E-state index in [1.807, 2.05) is 12.1 Å². The minimum atomic E-state index is 0.436. The van der Waals surface area contributed by atoms with Gasteiger partial charge >= 0.3 is 0 Å². The zero-order valence-corrected chi connectivity index (χ0v) is 13.4. The van der Waals surface area contributed by atoms with Gasteiger partial charge in [0.15, 0.2) is 0 Å². The first-order valence-electron chi connectivity index (χ1n) is 7.10. The zero-order valence-electron chi connectivity index (χ0n) is 12.5. The van der Waals surface area contributed by atoms with Crippen molar-refractivity contribution in [2.24, 2.45) is 0 Å². The SMILES string of the molecule is COc1ccc2c(c1)c(Sc1ccccc1)cn2C(C)C. The second-order valence-corrected chi connectivity index (χ2v) is 6.41. The summed E-state index contributed by atoms with van der Waals surface area (Å²) in [5.41, 5.74) is 1.25. The van der Waals surface area contributed by atoms with Crippen LogP contribution in [-0.2, 0) is 0 Å². The van der Waals surface area contributed by atoms with Crippen LogP contribution in [0.3, 0.4) is 0 Å². The summed E-state index contributed by atoms with van der Waals surface area (Å²) >= 11 is 1.80. The Morgan fingerprint density at radius 2 is 1.81 bits per heavy atom. The molecule has 21 heavy (non-hydrogen) atoms. The first kappa shape index (κ1) is 14.1. The molecule has 0 aliphatic heterocycles. The van der Waals surface area contributed by atoms with Gasteiger partial charge in [-0.25, -0.2) is 0 Å². The number of nitrogens with zero attached hydrogens (tertiary/aromatic N) is 1. The fourth-order valence-corrected chi connectivity index (χ4v) is 3.44. The summed E-state index contributed by atoms with van der Waals surface area (Å²) in [5.74, 6) is 0.902. The Balaban J connectivity index is 2.12. The highest BCUT2D eigenvalue weighted by Gasteiger charge is 2.12. The Morgan fingerprint density at radius 1 is 1.05 bits per heavy atom. The lowest BCUT2D eigenvalue weighted by atomic mass is 10.2. The molecule has 0 amide bonds. The Hall–Kier alpha value is -1.87. The molecule has 0 fully saturated rings. The van der Waals surface area contributed by atoms with E-state index in [9.17, 15) is 0 Å². The summed E-state index contributed by atoms with van der Waals surface area (Å²) in [6.07, 6.45) is 2.24. The summed E-state index contributed by atoms with van der Waals surface area (Å²) in [6.45, 7) is 4.42. The highest BCUT2D eigenvalue weighted by atomic mass is 32.2. The van der Waals surface area contributed by atoms with E-state index in [1.165, 1.54) is 20.7 Å². The van der Waals surface area contributed by atoms with Crippen molar-refractivity contribution < 1.29 is 4.74 Å². The molecule has 0 saturated carbocycles. The molecule has 0 N–H and O–H groups in total. The Labute approximate surface area is 129 Å². The van der Waals surface area contributed by atoms with Crippen LogP contribution in [0.4, 0.5) is 0 Å². The van der Waals surface area contributed by atoms with Crippen molar-refractivity contribution in [3.8, 4) is 5.75 Å². The summed E-state index contributed by atoms with van der Waals surface area (Å²) in [6, 6.07) is 17.2. The van der Waals surface area contributed by atoms with E-state index in [4.69, 9.17) is 4.74 Å². The molecule has 3 rings (SSSR count). The number of ether oxygens (including phenoxy) is 1. The number of aromatic nitrogens is 1. The summed E-state index contributed by atoms with van der Waals surface area (Å²) in [4.78, 5) is 2.52. The zero-order chi connectivity index (χ0) is 14.8. The normalized spacial score (nSPS) is 11.2. The highest BCUT2D eigenvalue weighted by Crippen LogP contribution is 2.37. The number of rotatable bonds is 4. The molecule has 0 atom stereocenters. The van der Waals surface area contributed by atoms with E-state index >= 15 is 0 Å². The molecule has 108 valence electrons. The summed E-state index contributed by atoms with van der Waals surface area (Å²) < 4.78 is 7.70. The Bertz CT molecular complexity index is 747. The molecule has 0 aliphatic carbocycles. The molecule has 1 aromatic heterocycles. The molecule has 0 saturated heterocycles. The van der Waals surface area contributed by atoms with Crippen molar-refractivity contribution in [1.82, 2.24) is 4.57 Å². The van der Waals surface area contributed by atoms with E-state index in [0.717, 1.165) is 5.75 Å². The van der Waals surface area contributed by atoms with E-state index in [1.54, 1.807) is 18.9 Å². The lowest BCUT2D eigenvalue weighted by molar-refractivity contribution is 0.415. The largest absolute Gasteiger partial charge is 0.497 e. The van der Waals surface area contributed by atoms with Gasteiger partial charge in [-0.2, -0.15) is 0 Å². The molecule has 3 aromatic rings. The lowest BCUT2D eigenvalue weighted by Gasteiger charge is -2.09. The summed E-state index contributed by atoms with van der Waals surface area (Å²) in [7, 11) is 1.71. The molecule has 1 heterocycles.